The third-order valence-corrected chi connectivity index (χ3v) is 7.11. The summed E-state index contributed by atoms with van der Waals surface area (Å²) < 4.78 is 3.01. The van der Waals surface area contributed by atoms with E-state index in [-0.39, 0.29) is 11.3 Å². The Labute approximate surface area is 185 Å². The Bertz CT molecular complexity index is 1280. The SMILES string of the molecule is Cc1c(C(=O)N2CCN(c3ccc4nnc(C(C)(C)C)n4n3)CC2)sc2ccccc12. The van der Waals surface area contributed by atoms with Gasteiger partial charge in [-0.3, -0.25) is 4.79 Å². The van der Waals surface area contributed by atoms with Crippen molar-refractivity contribution in [2.45, 2.75) is 33.1 Å². The standard InChI is InChI=1S/C23H26N6OS/c1-15-16-7-5-6-8-17(16)31-20(15)21(30)28-13-11-27(12-14-28)19-10-9-18-24-25-22(23(2,3)4)29(18)26-19/h5-10H,11-14H2,1-4H3. The Hall–Kier alpha value is -3.00. The monoisotopic (exact) mass is 434 g/mol. The number of hydrogen-bond donors (Lipinski definition) is 0. The largest absolute Gasteiger partial charge is 0.352 e. The maximum absolute atomic E-state index is 13.2. The zero-order chi connectivity index (χ0) is 21.8. The summed E-state index contributed by atoms with van der Waals surface area (Å²) in [6.07, 6.45) is 0. The van der Waals surface area contributed by atoms with Crippen molar-refractivity contribution >= 4 is 38.8 Å². The predicted octanol–water partition coefficient (Wildman–Crippen LogP) is 3.91. The fourth-order valence-corrected chi connectivity index (χ4v) is 5.25. The topological polar surface area (TPSA) is 66.6 Å². The number of aromatic nitrogens is 4. The maximum Gasteiger partial charge on any atom is 0.264 e. The summed E-state index contributed by atoms with van der Waals surface area (Å²) >= 11 is 1.59. The lowest BCUT2D eigenvalue weighted by Gasteiger charge is -2.35. The quantitative estimate of drug-likeness (QED) is 0.479. The number of fused-ring (bicyclic) bond motifs is 2. The highest BCUT2D eigenvalue weighted by atomic mass is 32.1. The van der Waals surface area contributed by atoms with Gasteiger partial charge in [0.2, 0.25) is 0 Å². The van der Waals surface area contributed by atoms with Gasteiger partial charge < -0.3 is 9.80 Å². The third-order valence-electron chi connectivity index (χ3n) is 5.85. The lowest BCUT2D eigenvalue weighted by atomic mass is 9.96. The van der Waals surface area contributed by atoms with Crippen LogP contribution in [0.15, 0.2) is 36.4 Å². The highest BCUT2D eigenvalue weighted by molar-refractivity contribution is 7.21. The lowest BCUT2D eigenvalue weighted by molar-refractivity contribution is 0.0751. The van der Waals surface area contributed by atoms with Gasteiger partial charge in [-0.1, -0.05) is 39.0 Å². The summed E-state index contributed by atoms with van der Waals surface area (Å²) in [7, 11) is 0. The Morgan fingerprint density at radius 3 is 2.45 bits per heavy atom. The number of nitrogens with zero attached hydrogens (tertiary/aromatic N) is 6. The van der Waals surface area contributed by atoms with Crippen molar-refractivity contribution in [2.75, 3.05) is 31.1 Å². The van der Waals surface area contributed by atoms with Gasteiger partial charge >= 0.3 is 0 Å². The molecule has 3 aromatic heterocycles. The number of hydrogen-bond acceptors (Lipinski definition) is 6. The summed E-state index contributed by atoms with van der Waals surface area (Å²) in [6, 6.07) is 12.2. The molecule has 0 spiro atoms. The number of anilines is 1. The highest BCUT2D eigenvalue weighted by Gasteiger charge is 2.27. The summed E-state index contributed by atoms with van der Waals surface area (Å²) in [5, 5.41) is 14.6. The molecule has 1 aliphatic rings. The summed E-state index contributed by atoms with van der Waals surface area (Å²) in [4.78, 5) is 18.3. The molecule has 160 valence electrons. The first-order chi connectivity index (χ1) is 14.8. The van der Waals surface area contributed by atoms with Crippen LogP contribution in [0, 0.1) is 6.92 Å². The number of amides is 1. The molecule has 31 heavy (non-hydrogen) atoms. The number of benzene rings is 1. The third kappa shape index (κ3) is 3.44. The molecule has 1 saturated heterocycles. The van der Waals surface area contributed by atoms with E-state index >= 15 is 0 Å². The van der Waals surface area contributed by atoms with E-state index < -0.39 is 0 Å². The van der Waals surface area contributed by atoms with E-state index in [1.165, 1.54) is 10.1 Å². The maximum atomic E-state index is 13.2. The molecule has 0 saturated carbocycles. The molecule has 4 aromatic rings. The predicted molar refractivity (Wildman–Crippen MR) is 124 cm³/mol. The molecule has 0 atom stereocenters. The zero-order valence-electron chi connectivity index (χ0n) is 18.3. The number of thiophene rings is 1. The second-order valence-electron chi connectivity index (χ2n) is 9.07. The zero-order valence-corrected chi connectivity index (χ0v) is 19.1. The minimum absolute atomic E-state index is 0.135. The van der Waals surface area contributed by atoms with Gasteiger partial charge in [0.05, 0.1) is 4.88 Å². The average Bonchev–Trinajstić information content (AvgIpc) is 3.34. The van der Waals surface area contributed by atoms with Crippen molar-refractivity contribution in [2.24, 2.45) is 0 Å². The average molecular weight is 435 g/mol. The molecule has 5 rings (SSSR count). The summed E-state index contributed by atoms with van der Waals surface area (Å²) in [5.74, 6) is 1.87. The van der Waals surface area contributed by atoms with Crippen LogP contribution in [-0.4, -0.2) is 56.8 Å². The van der Waals surface area contributed by atoms with E-state index in [9.17, 15) is 4.79 Å². The molecule has 1 aromatic carbocycles. The Balaban J connectivity index is 1.34. The van der Waals surface area contributed by atoms with Crippen molar-refractivity contribution in [1.29, 1.82) is 0 Å². The first-order valence-electron chi connectivity index (χ1n) is 10.6. The van der Waals surface area contributed by atoms with Crippen LogP contribution < -0.4 is 4.90 Å². The van der Waals surface area contributed by atoms with Gasteiger partial charge in [0.1, 0.15) is 5.82 Å². The van der Waals surface area contributed by atoms with Crippen molar-refractivity contribution < 1.29 is 4.79 Å². The second kappa shape index (κ2) is 7.30. The summed E-state index contributed by atoms with van der Waals surface area (Å²) in [5.41, 5.74) is 1.70. The molecule has 0 unspecified atom stereocenters. The van der Waals surface area contributed by atoms with Crippen LogP contribution in [0.3, 0.4) is 0 Å². The molecule has 0 radical (unpaired) electrons. The van der Waals surface area contributed by atoms with Crippen molar-refractivity contribution in [3.63, 3.8) is 0 Å². The lowest BCUT2D eigenvalue weighted by Crippen LogP contribution is -2.49. The van der Waals surface area contributed by atoms with Gasteiger partial charge in [0.25, 0.3) is 5.91 Å². The Morgan fingerprint density at radius 2 is 1.74 bits per heavy atom. The fraction of sp³-hybridized carbons (Fsp3) is 0.391. The molecule has 0 bridgehead atoms. The molecule has 8 heteroatoms. The van der Waals surface area contributed by atoms with E-state index in [1.807, 2.05) is 40.6 Å². The van der Waals surface area contributed by atoms with Gasteiger partial charge in [-0.2, -0.15) is 4.52 Å². The van der Waals surface area contributed by atoms with E-state index in [2.05, 4.69) is 48.0 Å². The number of rotatable bonds is 2. The van der Waals surface area contributed by atoms with Crippen LogP contribution in [0.25, 0.3) is 15.7 Å². The normalized spacial score (nSPS) is 15.2. The molecule has 1 fully saturated rings. The van der Waals surface area contributed by atoms with Crippen LogP contribution >= 0.6 is 11.3 Å². The van der Waals surface area contributed by atoms with Crippen molar-refractivity contribution in [1.82, 2.24) is 24.7 Å². The van der Waals surface area contributed by atoms with E-state index in [0.717, 1.165) is 40.8 Å². The van der Waals surface area contributed by atoms with Gasteiger partial charge in [-0.15, -0.1) is 26.6 Å². The van der Waals surface area contributed by atoms with Crippen molar-refractivity contribution in [3.8, 4) is 0 Å². The number of piperazine rings is 1. The minimum atomic E-state index is -0.141. The van der Waals surface area contributed by atoms with Crippen molar-refractivity contribution in [3.05, 3.63) is 52.7 Å². The Kier molecular flexibility index (Phi) is 4.69. The number of carbonyl (C=O) groups is 1. The van der Waals surface area contributed by atoms with E-state index in [1.54, 1.807) is 11.3 Å². The fourth-order valence-electron chi connectivity index (χ4n) is 4.08. The molecule has 7 nitrogen and oxygen atoms in total. The second-order valence-corrected chi connectivity index (χ2v) is 10.1. The van der Waals surface area contributed by atoms with Crippen LogP contribution in [-0.2, 0) is 5.41 Å². The van der Waals surface area contributed by atoms with Crippen LogP contribution in [0.2, 0.25) is 0 Å². The van der Waals surface area contributed by atoms with Crippen LogP contribution in [0.5, 0.6) is 0 Å². The van der Waals surface area contributed by atoms with E-state index in [4.69, 9.17) is 5.10 Å². The van der Waals surface area contributed by atoms with Gasteiger partial charge in [0, 0.05) is 36.3 Å². The number of carbonyl (C=O) groups excluding carboxylic acids is 1. The molecule has 1 aliphatic heterocycles. The van der Waals surface area contributed by atoms with Crippen LogP contribution in [0.1, 0.15) is 41.8 Å². The molecule has 1 amide bonds. The smallest absolute Gasteiger partial charge is 0.264 e. The molecule has 0 N–H and O–H groups in total. The first kappa shape index (κ1) is 19.9. The molecular formula is C23H26N6OS. The van der Waals surface area contributed by atoms with E-state index in [0.29, 0.717) is 13.1 Å². The molecule has 4 heterocycles. The number of aryl methyl sites for hydroxylation is 1. The first-order valence-corrected chi connectivity index (χ1v) is 11.4. The van der Waals surface area contributed by atoms with Gasteiger partial charge in [0.15, 0.2) is 11.5 Å². The highest BCUT2D eigenvalue weighted by Crippen LogP contribution is 2.32. The van der Waals surface area contributed by atoms with Crippen LogP contribution in [0.4, 0.5) is 5.82 Å². The molecular weight excluding hydrogens is 408 g/mol. The summed E-state index contributed by atoms with van der Waals surface area (Å²) in [6.45, 7) is 11.2. The van der Waals surface area contributed by atoms with Gasteiger partial charge in [-0.25, -0.2) is 0 Å². The van der Waals surface area contributed by atoms with Gasteiger partial charge in [-0.05, 0) is 36.1 Å². The molecule has 0 aliphatic carbocycles. The Morgan fingerprint density at radius 1 is 1.00 bits per heavy atom. The minimum Gasteiger partial charge on any atom is -0.352 e.